The summed E-state index contributed by atoms with van der Waals surface area (Å²) in [6.07, 6.45) is 1.33. The molecule has 0 aliphatic heterocycles. The maximum atomic E-state index is 11.9. The maximum Gasteiger partial charge on any atom is 0.255 e. The Bertz CT molecular complexity index is 466. The maximum absolute atomic E-state index is 11.9. The van der Waals surface area contributed by atoms with Crippen molar-refractivity contribution in [3.05, 3.63) is 23.7 Å². The Hall–Kier alpha value is -1.53. The lowest BCUT2D eigenvalue weighted by Crippen LogP contribution is -2.50. The molecule has 0 saturated carbocycles. The number of furan rings is 1. The van der Waals surface area contributed by atoms with Gasteiger partial charge in [-0.1, -0.05) is 0 Å². The zero-order valence-electron chi connectivity index (χ0n) is 12.1. The lowest BCUT2D eigenvalue weighted by molar-refractivity contribution is -0.124. The van der Waals surface area contributed by atoms with Gasteiger partial charge in [-0.3, -0.25) is 9.59 Å². The Balaban J connectivity index is 0.00000361. The number of halogens is 1. The summed E-state index contributed by atoms with van der Waals surface area (Å²) in [4.78, 5) is 23.7. The van der Waals surface area contributed by atoms with Gasteiger partial charge >= 0.3 is 0 Å². The fourth-order valence-corrected chi connectivity index (χ4v) is 1.43. The van der Waals surface area contributed by atoms with Crippen molar-refractivity contribution in [2.24, 2.45) is 5.73 Å². The van der Waals surface area contributed by atoms with Gasteiger partial charge in [0, 0.05) is 5.54 Å². The van der Waals surface area contributed by atoms with E-state index in [0.717, 1.165) is 0 Å². The van der Waals surface area contributed by atoms with Crippen LogP contribution in [0.3, 0.4) is 0 Å². The van der Waals surface area contributed by atoms with Gasteiger partial charge in [-0.25, -0.2) is 0 Å². The van der Waals surface area contributed by atoms with Crippen LogP contribution in [0, 0.1) is 0 Å². The molecule has 0 saturated heterocycles. The van der Waals surface area contributed by atoms with Gasteiger partial charge in [0.05, 0.1) is 12.1 Å². The Morgan fingerprint density at radius 1 is 1.40 bits per heavy atom. The molecule has 0 aliphatic rings. The lowest BCUT2D eigenvalue weighted by Gasteiger charge is -2.23. The van der Waals surface area contributed by atoms with E-state index in [0.29, 0.717) is 11.3 Å². The summed E-state index contributed by atoms with van der Waals surface area (Å²) in [6, 6.07) is 0.937. The smallest absolute Gasteiger partial charge is 0.255 e. The van der Waals surface area contributed by atoms with Crippen molar-refractivity contribution in [1.29, 1.82) is 0 Å². The first-order valence-electron chi connectivity index (χ1n) is 6.13. The quantitative estimate of drug-likeness (QED) is 0.778. The van der Waals surface area contributed by atoms with E-state index in [-0.39, 0.29) is 36.3 Å². The average molecular weight is 304 g/mol. The van der Waals surface area contributed by atoms with Crippen LogP contribution in [0.15, 0.2) is 16.7 Å². The van der Waals surface area contributed by atoms with Gasteiger partial charge in [0.15, 0.2) is 0 Å². The normalized spacial score (nSPS) is 12.2. The number of hydrogen-bond acceptors (Lipinski definition) is 4. The molecule has 2 amide bonds. The average Bonchev–Trinajstić information content (AvgIpc) is 2.75. The summed E-state index contributed by atoms with van der Waals surface area (Å²) in [7, 11) is 0. The highest BCUT2D eigenvalue weighted by Crippen LogP contribution is 2.07. The van der Waals surface area contributed by atoms with Crippen molar-refractivity contribution in [1.82, 2.24) is 10.6 Å². The second-order valence-corrected chi connectivity index (χ2v) is 5.44. The van der Waals surface area contributed by atoms with Gasteiger partial charge in [-0.05, 0) is 33.8 Å². The standard InChI is InChI=1S/C13H21N3O3.ClH/c1-8(11(17)16-13(2,3)4)15-12(18)9-5-10(6-14)19-7-9;/h5,7-8H,6,14H2,1-4H3,(H,15,18)(H,16,17);1H. The van der Waals surface area contributed by atoms with Crippen molar-refractivity contribution >= 4 is 24.2 Å². The van der Waals surface area contributed by atoms with E-state index in [9.17, 15) is 9.59 Å². The van der Waals surface area contributed by atoms with Crippen LogP contribution in [0.25, 0.3) is 0 Å². The largest absolute Gasteiger partial charge is 0.467 e. The monoisotopic (exact) mass is 303 g/mol. The van der Waals surface area contributed by atoms with E-state index in [1.165, 1.54) is 6.26 Å². The zero-order chi connectivity index (χ0) is 14.6. The Labute approximate surface area is 124 Å². The van der Waals surface area contributed by atoms with Gasteiger partial charge in [-0.2, -0.15) is 0 Å². The SMILES string of the molecule is CC(NC(=O)c1coc(CN)c1)C(=O)NC(C)(C)C.Cl. The van der Waals surface area contributed by atoms with Crippen LogP contribution in [0.4, 0.5) is 0 Å². The van der Waals surface area contributed by atoms with E-state index in [4.69, 9.17) is 10.2 Å². The van der Waals surface area contributed by atoms with Crippen molar-refractivity contribution in [3.63, 3.8) is 0 Å². The van der Waals surface area contributed by atoms with Crippen LogP contribution in [-0.4, -0.2) is 23.4 Å². The van der Waals surface area contributed by atoms with Gasteiger partial charge < -0.3 is 20.8 Å². The molecular weight excluding hydrogens is 282 g/mol. The molecule has 114 valence electrons. The first kappa shape index (κ1) is 18.5. The highest BCUT2D eigenvalue weighted by molar-refractivity contribution is 5.97. The van der Waals surface area contributed by atoms with E-state index >= 15 is 0 Å². The molecule has 1 atom stereocenters. The molecule has 0 bridgehead atoms. The second-order valence-electron chi connectivity index (χ2n) is 5.44. The molecule has 0 aliphatic carbocycles. The summed E-state index contributed by atoms with van der Waals surface area (Å²) in [5.74, 6) is -0.0691. The summed E-state index contributed by atoms with van der Waals surface area (Å²) in [5.41, 5.74) is 5.41. The van der Waals surface area contributed by atoms with Crippen LogP contribution >= 0.6 is 12.4 Å². The molecule has 4 N–H and O–H groups in total. The first-order valence-corrected chi connectivity index (χ1v) is 6.13. The molecule has 20 heavy (non-hydrogen) atoms. The minimum atomic E-state index is -0.622. The predicted octanol–water partition coefficient (Wildman–Crippen LogP) is 1.19. The van der Waals surface area contributed by atoms with Gasteiger partial charge in [-0.15, -0.1) is 12.4 Å². The minimum absolute atomic E-state index is 0. The van der Waals surface area contributed by atoms with Crippen molar-refractivity contribution in [2.45, 2.75) is 45.8 Å². The Morgan fingerprint density at radius 3 is 2.45 bits per heavy atom. The first-order chi connectivity index (χ1) is 8.73. The summed E-state index contributed by atoms with van der Waals surface area (Å²) in [5, 5.41) is 5.40. The fraction of sp³-hybridized carbons (Fsp3) is 0.538. The van der Waals surface area contributed by atoms with Gasteiger partial charge in [0.1, 0.15) is 18.1 Å². The topological polar surface area (TPSA) is 97.4 Å². The number of carbonyl (C=O) groups excluding carboxylic acids is 2. The van der Waals surface area contributed by atoms with Crippen molar-refractivity contribution in [3.8, 4) is 0 Å². The highest BCUT2D eigenvalue weighted by atomic mass is 35.5. The van der Waals surface area contributed by atoms with Crippen molar-refractivity contribution in [2.75, 3.05) is 0 Å². The zero-order valence-corrected chi connectivity index (χ0v) is 13.0. The molecule has 1 rings (SSSR count). The molecule has 0 aromatic carbocycles. The number of nitrogens with one attached hydrogen (secondary N) is 2. The molecule has 0 spiro atoms. The van der Waals surface area contributed by atoms with E-state index in [1.807, 2.05) is 20.8 Å². The third kappa shape index (κ3) is 5.63. The van der Waals surface area contributed by atoms with Crippen LogP contribution in [0.5, 0.6) is 0 Å². The number of hydrogen-bond donors (Lipinski definition) is 3. The second kappa shape index (κ2) is 7.31. The van der Waals surface area contributed by atoms with E-state index in [1.54, 1.807) is 13.0 Å². The minimum Gasteiger partial charge on any atom is -0.467 e. The molecule has 1 unspecified atom stereocenters. The molecule has 7 heteroatoms. The Kier molecular flexibility index (Phi) is 6.75. The van der Waals surface area contributed by atoms with E-state index in [2.05, 4.69) is 10.6 Å². The molecule has 0 fully saturated rings. The third-order valence-corrected chi connectivity index (χ3v) is 2.36. The summed E-state index contributed by atoms with van der Waals surface area (Å²) < 4.78 is 5.07. The molecule has 1 aromatic heterocycles. The van der Waals surface area contributed by atoms with Crippen LogP contribution in [-0.2, 0) is 11.3 Å². The predicted molar refractivity (Wildman–Crippen MR) is 78.7 cm³/mol. The number of amides is 2. The molecule has 0 radical (unpaired) electrons. The number of nitrogens with two attached hydrogens (primary N) is 1. The highest BCUT2D eigenvalue weighted by Gasteiger charge is 2.21. The third-order valence-electron chi connectivity index (χ3n) is 2.36. The molecule has 1 aromatic rings. The fourth-order valence-electron chi connectivity index (χ4n) is 1.43. The summed E-state index contributed by atoms with van der Waals surface area (Å²) in [6.45, 7) is 7.49. The number of rotatable bonds is 4. The van der Waals surface area contributed by atoms with Crippen molar-refractivity contribution < 1.29 is 14.0 Å². The van der Waals surface area contributed by atoms with Crippen LogP contribution < -0.4 is 16.4 Å². The Morgan fingerprint density at radius 2 is 2.00 bits per heavy atom. The van der Waals surface area contributed by atoms with Gasteiger partial charge in [0.25, 0.3) is 5.91 Å². The van der Waals surface area contributed by atoms with E-state index < -0.39 is 6.04 Å². The molecule has 1 heterocycles. The molecule has 6 nitrogen and oxygen atoms in total. The summed E-state index contributed by atoms with van der Waals surface area (Å²) >= 11 is 0. The van der Waals surface area contributed by atoms with Gasteiger partial charge in [0.2, 0.25) is 5.91 Å². The molecular formula is C13H22ClN3O3. The van der Waals surface area contributed by atoms with Crippen LogP contribution in [0.2, 0.25) is 0 Å². The lowest BCUT2D eigenvalue weighted by atomic mass is 10.1. The van der Waals surface area contributed by atoms with Crippen LogP contribution in [0.1, 0.15) is 43.8 Å². The number of carbonyl (C=O) groups is 2.